The number of hydrogen-bond acceptors (Lipinski definition) is 12. The number of aromatic nitrogens is 5. The monoisotopic (exact) mass is 855 g/mol. The Morgan fingerprint density at radius 1 is 0.689 bits per heavy atom. The minimum Gasteiger partial charge on any atom is -0.494 e. The number of carbonyl (C=O) groups excluding carboxylic acids is 1. The van der Waals surface area contributed by atoms with Crippen molar-refractivity contribution in [2.75, 3.05) is 4.31 Å². The first kappa shape index (κ1) is 38.5. The zero-order valence-electron chi connectivity index (χ0n) is 31.1. The van der Waals surface area contributed by atoms with Gasteiger partial charge in [-0.05, 0) is 84.9 Å². The number of H-pyrrole nitrogens is 1. The molecule has 19 heteroatoms. The summed E-state index contributed by atoms with van der Waals surface area (Å²) in [6.45, 7) is 0. The molecule has 17 nitrogen and oxygen atoms in total. The number of nitrogens with two attached hydrogens (primary N) is 1. The molecule has 61 heavy (non-hydrogen) atoms. The lowest BCUT2D eigenvalue weighted by atomic mass is 10.1. The van der Waals surface area contributed by atoms with Crippen LogP contribution in [0.4, 0.5) is 16.2 Å². The molecule has 5 heterocycles. The molecule has 0 radical (unpaired) electrons. The number of sulfonamides is 1. The Kier molecular flexibility index (Phi) is 9.27. The summed E-state index contributed by atoms with van der Waals surface area (Å²) in [6.07, 6.45) is 2.50. The number of nitrogens with zero attached hydrogens (tertiary/aromatic N) is 5. The van der Waals surface area contributed by atoms with Crippen LogP contribution in [0.25, 0.3) is 66.9 Å². The molecule has 0 spiro atoms. The van der Waals surface area contributed by atoms with E-state index in [-0.39, 0.29) is 60.9 Å². The molecular weight excluding hydrogens is 827 g/mol. The van der Waals surface area contributed by atoms with Crippen LogP contribution in [0, 0.1) is 0 Å². The van der Waals surface area contributed by atoms with Crippen LogP contribution in [-0.4, -0.2) is 62.1 Å². The summed E-state index contributed by atoms with van der Waals surface area (Å²) in [5.41, 5.74) is 9.07. The third-order valence-corrected chi connectivity index (χ3v) is 12.2. The van der Waals surface area contributed by atoms with Crippen LogP contribution in [0.1, 0.15) is 0 Å². The first-order valence-corrected chi connectivity index (χ1v) is 20.9. The molecule has 5 aromatic carbocycles. The zero-order chi connectivity index (χ0) is 42.6. The van der Waals surface area contributed by atoms with Gasteiger partial charge in [0.2, 0.25) is 23.5 Å². The van der Waals surface area contributed by atoms with Gasteiger partial charge < -0.3 is 29.8 Å². The first-order valence-electron chi connectivity index (χ1n) is 18.0. The Bertz CT molecular complexity index is 3480. The highest BCUT2D eigenvalue weighted by molar-refractivity contribution is 7.93. The Labute approximate surface area is 344 Å². The van der Waals surface area contributed by atoms with Crippen molar-refractivity contribution < 1.29 is 45.2 Å². The van der Waals surface area contributed by atoms with Crippen molar-refractivity contribution in [3.05, 3.63) is 140 Å². The van der Waals surface area contributed by atoms with Gasteiger partial charge in [0.05, 0.1) is 21.8 Å². The molecule has 0 aliphatic rings. The topological polar surface area (TPSA) is 261 Å². The average Bonchev–Trinajstić information content (AvgIpc) is 4.01. The number of amides is 1. The van der Waals surface area contributed by atoms with Gasteiger partial charge in [-0.15, -0.1) is 0 Å². The van der Waals surface area contributed by atoms with Gasteiger partial charge in [-0.2, -0.15) is 8.42 Å². The number of benzene rings is 5. The van der Waals surface area contributed by atoms with Crippen molar-refractivity contribution in [2.45, 2.75) is 9.79 Å². The molecule has 0 bridgehead atoms. The van der Waals surface area contributed by atoms with E-state index in [0.717, 1.165) is 15.1 Å². The molecule has 304 valence electrons. The number of primary amides is 1. The highest BCUT2D eigenvalue weighted by Gasteiger charge is 2.31. The summed E-state index contributed by atoms with van der Waals surface area (Å²) in [4.78, 5) is 27.9. The number of anilines is 2. The van der Waals surface area contributed by atoms with Crippen LogP contribution in [-0.2, 0) is 20.1 Å². The number of carbonyl (C=O) groups is 1. The minimum atomic E-state index is -4.33. The maximum absolute atomic E-state index is 14.6. The van der Waals surface area contributed by atoms with E-state index in [0.29, 0.717) is 33.1 Å². The fourth-order valence-corrected chi connectivity index (χ4v) is 8.86. The van der Waals surface area contributed by atoms with E-state index in [9.17, 15) is 31.8 Å². The Hall–Kier alpha value is -8.00. The molecule has 10 aromatic rings. The van der Waals surface area contributed by atoms with E-state index in [1.165, 1.54) is 48.7 Å². The average molecular weight is 856 g/mol. The lowest BCUT2D eigenvalue weighted by Crippen LogP contribution is -2.26. The fourth-order valence-electron chi connectivity index (χ4n) is 6.92. The number of para-hydroxylation sites is 4. The second kappa shape index (κ2) is 14.7. The Balaban J connectivity index is 0.000000421. The number of oxazole rings is 2. The molecule has 0 aliphatic carbocycles. The van der Waals surface area contributed by atoms with E-state index in [1.807, 2.05) is 6.07 Å². The van der Waals surface area contributed by atoms with Gasteiger partial charge in [0.1, 0.15) is 27.1 Å². The zero-order valence-corrected chi connectivity index (χ0v) is 32.7. The molecule has 0 fully saturated rings. The summed E-state index contributed by atoms with van der Waals surface area (Å²) in [6, 6.07) is 33.1. The summed E-state index contributed by atoms with van der Waals surface area (Å²) in [5, 5.41) is 23.0. The molecule has 0 unspecified atom stereocenters. The molecule has 0 saturated heterocycles. The number of aromatic amines is 1. The van der Waals surface area contributed by atoms with Gasteiger partial charge >= 0.3 is 6.03 Å². The van der Waals surface area contributed by atoms with E-state index >= 15 is 0 Å². The van der Waals surface area contributed by atoms with Crippen molar-refractivity contribution in [1.82, 2.24) is 24.5 Å². The minimum absolute atomic E-state index is 0.000473. The number of nitrogens with one attached hydrogen (secondary N) is 1. The van der Waals surface area contributed by atoms with Crippen LogP contribution >= 0.6 is 0 Å². The van der Waals surface area contributed by atoms with E-state index in [4.69, 9.17) is 19.1 Å². The van der Waals surface area contributed by atoms with Crippen LogP contribution in [0.15, 0.2) is 158 Å². The molecule has 0 saturated carbocycles. The summed E-state index contributed by atoms with van der Waals surface area (Å²) in [7, 11) is -8.40. The number of fused-ring (bicyclic) bond motifs is 4. The first-order chi connectivity index (χ1) is 29.3. The van der Waals surface area contributed by atoms with Gasteiger partial charge in [0.15, 0.2) is 11.2 Å². The highest BCUT2D eigenvalue weighted by atomic mass is 32.2. The Morgan fingerprint density at radius 2 is 1.26 bits per heavy atom. The van der Waals surface area contributed by atoms with E-state index in [1.54, 1.807) is 78.9 Å². The predicted octanol–water partition coefficient (Wildman–Crippen LogP) is 7.93. The van der Waals surface area contributed by atoms with Crippen molar-refractivity contribution in [2.24, 2.45) is 5.73 Å². The maximum atomic E-state index is 14.6. The smallest absolute Gasteiger partial charge is 0.326 e. The van der Waals surface area contributed by atoms with E-state index in [2.05, 4.69) is 19.9 Å². The molecule has 1 amide bonds. The number of hydrogen-bond donors (Lipinski definition) is 5. The van der Waals surface area contributed by atoms with Crippen LogP contribution in [0.3, 0.4) is 0 Å². The van der Waals surface area contributed by atoms with Crippen LogP contribution in [0.5, 0.6) is 11.8 Å². The second-order valence-corrected chi connectivity index (χ2v) is 16.6. The third-order valence-electron chi connectivity index (χ3n) is 9.61. The van der Waals surface area contributed by atoms with Crippen molar-refractivity contribution in [3.8, 4) is 34.7 Å². The molecule has 6 N–H and O–H groups in total. The Morgan fingerprint density at radius 3 is 1.84 bits per heavy atom. The standard InChI is InChI=1S/C37H24N6O7S.C5H5NO3S/c38-37(46)42-28-17-15-21(19-24(28)32(36(42)45)35-41-27-11-5-7-13-30(27)50-35)43(51(47,48)22-8-2-1-3-9-22)20-14-16-25-23(18-20)31(33(44)39-25)34-40-26-10-4-6-12-29(26)49-34;7-10(8,9)5-2-1-3-6-4-5/h1-19,39,44-45H,(H2,38,46);1-4H,(H,7,8,9). The number of pyridine rings is 1. The van der Waals surface area contributed by atoms with Crippen LogP contribution < -0.4 is 10.0 Å². The predicted molar refractivity (Wildman–Crippen MR) is 224 cm³/mol. The fraction of sp³-hybridized carbons (Fsp3) is 0. The van der Waals surface area contributed by atoms with Gasteiger partial charge in [0, 0.05) is 28.7 Å². The number of rotatable bonds is 7. The molecule has 0 aliphatic heterocycles. The van der Waals surface area contributed by atoms with Gasteiger partial charge in [-0.3, -0.25) is 9.54 Å². The summed E-state index contributed by atoms with van der Waals surface area (Å²) in [5.74, 6) is -0.590. The lowest BCUT2D eigenvalue weighted by molar-refractivity contribution is 0.248. The summed E-state index contributed by atoms with van der Waals surface area (Å²) >= 11 is 0. The van der Waals surface area contributed by atoms with Gasteiger partial charge in [0.25, 0.3) is 20.1 Å². The summed E-state index contributed by atoms with van der Waals surface area (Å²) < 4.78 is 72.3. The van der Waals surface area contributed by atoms with E-state index < -0.39 is 32.1 Å². The van der Waals surface area contributed by atoms with Crippen molar-refractivity contribution in [1.29, 1.82) is 0 Å². The SMILES string of the molecule is NC(=O)n1c(O)c(-c2nc3ccccc3o2)c2cc(N(c3ccc4[nH]c(O)c(-c5nc6ccccc6o5)c4c3)S(=O)(=O)c3ccccc3)ccc21.O=S(=O)(O)c1cccnc1. The third kappa shape index (κ3) is 6.83. The molecule has 10 rings (SSSR count). The van der Waals surface area contributed by atoms with Crippen LogP contribution in [0.2, 0.25) is 0 Å². The van der Waals surface area contributed by atoms with Crippen molar-refractivity contribution in [3.63, 3.8) is 0 Å². The highest BCUT2D eigenvalue weighted by Crippen LogP contribution is 2.45. The second-order valence-electron chi connectivity index (χ2n) is 13.4. The quantitative estimate of drug-likeness (QED) is 0.0955. The normalized spacial score (nSPS) is 11.9. The van der Waals surface area contributed by atoms with Gasteiger partial charge in [-0.1, -0.05) is 42.5 Å². The molecular formula is C42H29N7O10S2. The molecule has 5 aromatic heterocycles. The largest absolute Gasteiger partial charge is 0.494 e. The van der Waals surface area contributed by atoms with Crippen molar-refractivity contribution >= 4 is 81.6 Å². The number of aromatic hydroxyl groups is 2. The molecule has 0 atom stereocenters. The van der Waals surface area contributed by atoms with Gasteiger partial charge in [-0.25, -0.2) is 32.1 Å². The maximum Gasteiger partial charge on any atom is 0.326 e. The lowest BCUT2D eigenvalue weighted by Gasteiger charge is -2.25.